The molecule has 0 fully saturated rings. The summed E-state index contributed by atoms with van der Waals surface area (Å²) in [7, 11) is -1.49. The first-order valence-electron chi connectivity index (χ1n) is 35.6. The summed E-state index contributed by atoms with van der Waals surface area (Å²) in [6.07, 6.45) is 0. The maximum absolute atomic E-state index is 9.51. The van der Waals surface area contributed by atoms with Gasteiger partial charge in [0.1, 0.15) is 22.3 Å². The highest BCUT2D eigenvalue weighted by Gasteiger charge is 2.24. The quantitative estimate of drug-likeness (QED) is 0.0709. The van der Waals surface area contributed by atoms with Crippen LogP contribution in [0.5, 0.6) is 0 Å². The molecule has 526 valence electrons. The van der Waals surface area contributed by atoms with Crippen molar-refractivity contribution in [2.45, 2.75) is 7.43 Å². The molecule has 0 saturated carbocycles. The van der Waals surface area contributed by atoms with Crippen molar-refractivity contribution in [1.29, 1.82) is 0 Å². The Morgan fingerprint density at radius 3 is 0.844 bits per heavy atom. The molecule has 109 heavy (non-hydrogen) atoms. The number of nitrogens with zero attached hydrogens (tertiary/aromatic N) is 2. The number of furan rings is 4. The van der Waals surface area contributed by atoms with E-state index in [2.05, 4.69) is 269 Å². The van der Waals surface area contributed by atoms with Crippen LogP contribution in [0.15, 0.2) is 394 Å². The largest absolute Gasteiger partial charge is 0.488 e. The van der Waals surface area contributed by atoms with Gasteiger partial charge in [0.15, 0.2) is 22.3 Å². The van der Waals surface area contributed by atoms with Crippen molar-refractivity contribution in [3.05, 3.63) is 381 Å². The number of hydrogen-bond donors (Lipinski definition) is 2. The zero-order chi connectivity index (χ0) is 73.0. The third-order valence-electron chi connectivity index (χ3n) is 19.8. The standard InChI is InChI=1S/C48H31NO2.C30H24BNO2.C18H9ClO2.CH3I.CH4/c1-3-11-32(12-4-1)34-19-25-37(26-20-34)49(38-27-21-35(22-28-38)33-13-5-2-6-14-33)39-29-23-36(24-30-39)42-31-43-40-15-7-9-17-44(40)50-47(43)48-46(42)41-16-8-10-18-45(41)51-48;33-31(34)27-15-21-30(22-16-27)32(28-17-11-25(12-18-28)23-7-3-1-4-8-23)29-19-13-26(14-20-29)24-9-5-2-6-10-24;19-13-9-12-10-5-1-3-7-14(10)20-17(12)18-16(13)11-6-2-4-8-15(11)21-18;1-2;/h1-31H;1-22,33-34H;1-9H;1H3;1H4. The average molecular weight is 1550 g/mol. The van der Waals surface area contributed by atoms with Gasteiger partial charge >= 0.3 is 7.12 Å². The summed E-state index contributed by atoms with van der Waals surface area (Å²) >= 11 is 8.66. The van der Waals surface area contributed by atoms with Crippen molar-refractivity contribution in [3.63, 3.8) is 0 Å². The summed E-state index contributed by atoms with van der Waals surface area (Å²) in [5.74, 6) is 0. The SMILES string of the molecule is C.CI.Clc1cc2c3ccccc3oc2c2oc3ccccc3c12.OB(O)c1ccc(N(c2ccc(-c3ccccc3)cc2)c2ccc(-c3ccccc3)cc2)cc1.c1ccc(-c2ccc(N(c3ccc(-c4ccccc4)cc3)c3ccc(-c4cc5c6ccccc6oc5c5oc6ccccc6c45)cc3)cc2)cc1. The highest BCUT2D eigenvalue weighted by Crippen LogP contribution is 2.47. The molecule has 0 aliphatic rings. The number of anilines is 6. The maximum atomic E-state index is 9.51. The first-order chi connectivity index (χ1) is 53.3. The molecular formula is C98H71BClIN2O6. The van der Waals surface area contributed by atoms with Gasteiger partial charge in [-0.1, -0.05) is 309 Å². The Bertz CT molecular complexity index is 6350. The Balaban J connectivity index is 0.000000134. The van der Waals surface area contributed by atoms with Gasteiger partial charge in [0.05, 0.1) is 10.4 Å². The van der Waals surface area contributed by atoms with Crippen LogP contribution in [0.1, 0.15) is 7.43 Å². The number of para-hydroxylation sites is 4. The highest BCUT2D eigenvalue weighted by molar-refractivity contribution is 14.1. The fourth-order valence-electron chi connectivity index (χ4n) is 14.5. The zero-order valence-corrected chi connectivity index (χ0v) is 61.5. The molecule has 4 heterocycles. The normalized spacial score (nSPS) is 11.1. The lowest BCUT2D eigenvalue weighted by molar-refractivity contribution is 0.426. The molecular weight excluding hydrogens is 1470 g/mol. The summed E-state index contributed by atoms with van der Waals surface area (Å²) in [6, 6.07) is 129. The molecule has 8 nitrogen and oxygen atoms in total. The molecule has 0 saturated heterocycles. The molecule has 0 spiro atoms. The van der Waals surface area contributed by atoms with Crippen LogP contribution in [0.25, 0.3) is 143 Å². The smallest absolute Gasteiger partial charge is 0.452 e. The molecule has 0 bridgehead atoms. The predicted molar refractivity (Wildman–Crippen MR) is 466 cm³/mol. The highest BCUT2D eigenvalue weighted by atomic mass is 127. The Labute approximate surface area is 650 Å². The van der Waals surface area contributed by atoms with E-state index in [1.807, 2.05) is 132 Å². The van der Waals surface area contributed by atoms with Gasteiger partial charge in [0.25, 0.3) is 0 Å². The van der Waals surface area contributed by atoms with E-state index in [1.165, 1.54) is 33.4 Å². The van der Waals surface area contributed by atoms with Crippen molar-refractivity contribution < 1.29 is 27.7 Å². The molecule has 16 aromatic carbocycles. The van der Waals surface area contributed by atoms with E-state index in [0.29, 0.717) is 10.5 Å². The van der Waals surface area contributed by atoms with Gasteiger partial charge in [-0.05, 0) is 175 Å². The Kier molecular flexibility index (Phi) is 20.4. The van der Waals surface area contributed by atoms with E-state index >= 15 is 0 Å². The first-order valence-corrected chi connectivity index (χ1v) is 38.2. The third-order valence-corrected chi connectivity index (χ3v) is 20.1. The lowest BCUT2D eigenvalue weighted by atomic mass is 9.80. The Morgan fingerprint density at radius 1 is 0.257 bits per heavy atom. The van der Waals surface area contributed by atoms with Gasteiger partial charge in [0.2, 0.25) is 0 Å². The molecule has 20 rings (SSSR count). The van der Waals surface area contributed by atoms with Crippen LogP contribution in [0.4, 0.5) is 34.1 Å². The van der Waals surface area contributed by atoms with Gasteiger partial charge < -0.3 is 37.5 Å². The second kappa shape index (κ2) is 31.4. The molecule has 11 heteroatoms. The maximum Gasteiger partial charge on any atom is 0.488 e. The van der Waals surface area contributed by atoms with Crippen LogP contribution in [0, 0.1) is 0 Å². The van der Waals surface area contributed by atoms with Crippen LogP contribution < -0.4 is 15.3 Å². The van der Waals surface area contributed by atoms with Crippen LogP contribution >= 0.6 is 34.2 Å². The summed E-state index contributed by atoms with van der Waals surface area (Å²) < 4.78 is 24.9. The van der Waals surface area contributed by atoms with Crippen molar-refractivity contribution in [2.75, 3.05) is 14.7 Å². The molecule has 0 aliphatic heterocycles. The van der Waals surface area contributed by atoms with E-state index in [4.69, 9.17) is 29.3 Å². The molecule has 20 aromatic rings. The molecule has 0 aliphatic carbocycles. The second-order valence-corrected chi connectivity index (χ2v) is 26.6. The van der Waals surface area contributed by atoms with Crippen LogP contribution in [0.2, 0.25) is 5.02 Å². The van der Waals surface area contributed by atoms with Gasteiger partial charge in [-0.15, -0.1) is 0 Å². The molecule has 0 radical (unpaired) electrons. The molecule has 2 N–H and O–H groups in total. The fraction of sp³-hybridized carbons (Fsp3) is 0.0204. The van der Waals surface area contributed by atoms with E-state index in [0.717, 1.165) is 144 Å². The van der Waals surface area contributed by atoms with Gasteiger partial charge in [-0.3, -0.25) is 0 Å². The summed E-state index contributed by atoms with van der Waals surface area (Å²) in [4.78, 5) is 6.46. The van der Waals surface area contributed by atoms with Crippen LogP contribution in [-0.2, 0) is 0 Å². The monoisotopic (exact) mass is 1540 g/mol. The Morgan fingerprint density at radius 2 is 0.505 bits per heavy atom. The number of hydrogen-bond acceptors (Lipinski definition) is 8. The lowest BCUT2D eigenvalue weighted by Gasteiger charge is -2.26. The minimum atomic E-state index is -1.49. The molecule has 0 unspecified atom stereocenters. The van der Waals surface area contributed by atoms with Crippen LogP contribution in [-0.4, -0.2) is 22.1 Å². The topological polar surface area (TPSA) is 99.5 Å². The summed E-state index contributed by atoms with van der Waals surface area (Å²) in [6.45, 7) is 0. The van der Waals surface area contributed by atoms with Crippen molar-refractivity contribution in [3.8, 4) is 55.6 Å². The lowest BCUT2D eigenvalue weighted by Crippen LogP contribution is -2.29. The number of rotatable bonds is 12. The minimum Gasteiger partial charge on any atom is -0.452 e. The first kappa shape index (κ1) is 70.6. The minimum absolute atomic E-state index is 0. The van der Waals surface area contributed by atoms with Crippen LogP contribution in [0.3, 0.4) is 0 Å². The predicted octanol–water partition coefficient (Wildman–Crippen LogP) is 28.0. The number of halogens is 2. The molecule has 0 atom stereocenters. The van der Waals surface area contributed by atoms with E-state index < -0.39 is 7.12 Å². The van der Waals surface area contributed by atoms with E-state index in [9.17, 15) is 10.0 Å². The Hall–Kier alpha value is -12.7. The number of alkyl halides is 1. The summed E-state index contributed by atoms with van der Waals surface area (Å²) in [5, 5.41) is 27.9. The fourth-order valence-corrected chi connectivity index (χ4v) is 14.8. The van der Waals surface area contributed by atoms with Crippen molar-refractivity contribution in [2.24, 2.45) is 0 Å². The second-order valence-electron chi connectivity index (χ2n) is 26.2. The van der Waals surface area contributed by atoms with Crippen molar-refractivity contribution in [1.82, 2.24) is 0 Å². The average Bonchev–Trinajstić information content (AvgIpc) is 1.58. The zero-order valence-electron chi connectivity index (χ0n) is 58.6. The summed E-state index contributed by atoms with van der Waals surface area (Å²) in [5.41, 5.74) is 24.8. The van der Waals surface area contributed by atoms with E-state index in [-0.39, 0.29) is 7.43 Å². The third kappa shape index (κ3) is 14.0. The van der Waals surface area contributed by atoms with Gasteiger partial charge in [-0.25, -0.2) is 0 Å². The number of benzene rings is 16. The number of fused-ring (bicyclic) bond motifs is 14. The van der Waals surface area contributed by atoms with Crippen molar-refractivity contribution >= 4 is 169 Å². The molecule has 4 aromatic heterocycles. The van der Waals surface area contributed by atoms with E-state index in [1.54, 1.807) is 12.1 Å². The van der Waals surface area contributed by atoms with Gasteiger partial charge in [-0.2, -0.15) is 0 Å². The molecule has 0 amide bonds. The van der Waals surface area contributed by atoms with Gasteiger partial charge in [0, 0.05) is 71.8 Å².